The highest BCUT2D eigenvalue weighted by molar-refractivity contribution is 6.02. The zero-order valence-corrected chi connectivity index (χ0v) is 16.1. The Labute approximate surface area is 154 Å². The SMILES string of the molecule is CCC(C)N(Cc1cc(NC(=O)c2ccco2)ccc1N(C)C)C(C)=O. The Morgan fingerprint density at radius 1 is 1.23 bits per heavy atom. The van der Waals surface area contributed by atoms with Crippen LogP contribution in [0.3, 0.4) is 0 Å². The van der Waals surface area contributed by atoms with Crippen molar-refractivity contribution in [2.75, 3.05) is 24.3 Å². The van der Waals surface area contributed by atoms with Gasteiger partial charge in [0.25, 0.3) is 5.91 Å². The molecule has 0 spiro atoms. The lowest BCUT2D eigenvalue weighted by Gasteiger charge is -2.29. The van der Waals surface area contributed by atoms with Gasteiger partial charge in [0.05, 0.1) is 6.26 Å². The van der Waals surface area contributed by atoms with E-state index in [2.05, 4.69) is 12.2 Å². The van der Waals surface area contributed by atoms with E-state index < -0.39 is 0 Å². The lowest BCUT2D eigenvalue weighted by Crippen LogP contribution is -2.36. The molecule has 1 N–H and O–H groups in total. The van der Waals surface area contributed by atoms with Crippen LogP contribution in [0.15, 0.2) is 41.0 Å². The van der Waals surface area contributed by atoms with Crippen LogP contribution in [-0.4, -0.2) is 36.9 Å². The molecule has 0 aliphatic heterocycles. The topological polar surface area (TPSA) is 65.8 Å². The summed E-state index contributed by atoms with van der Waals surface area (Å²) in [5.74, 6) is -0.00816. The van der Waals surface area contributed by atoms with E-state index in [0.717, 1.165) is 17.7 Å². The van der Waals surface area contributed by atoms with Crippen LogP contribution in [0.1, 0.15) is 43.3 Å². The molecule has 1 atom stereocenters. The van der Waals surface area contributed by atoms with Crippen LogP contribution < -0.4 is 10.2 Å². The van der Waals surface area contributed by atoms with Gasteiger partial charge in [0.2, 0.25) is 5.91 Å². The summed E-state index contributed by atoms with van der Waals surface area (Å²) in [6.07, 6.45) is 2.35. The fourth-order valence-corrected chi connectivity index (χ4v) is 2.81. The predicted octanol–water partition coefficient (Wildman–Crippen LogP) is 3.74. The monoisotopic (exact) mass is 357 g/mol. The average Bonchev–Trinajstić information content (AvgIpc) is 3.13. The average molecular weight is 357 g/mol. The van der Waals surface area contributed by atoms with Crippen LogP contribution >= 0.6 is 0 Å². The Bertz CT molecular complexity index is 754. The van der Waals surface area contributed by atoms with Gasteiger partial charge in [-0.05, 0) is 49.2 Å². The fourth-order valence-electron chi connectivity index (χ4n) is 2.81. The molecule has 0 saturated carbocycles. The maximum absolute atomic E-state index is 12.2. The third-order valence-corrected chi connectivity index (χ3v) is 4.43. The first-order valence-corrected chi connectivity index (χ1v) is 8.75. The molecule has 6 heteroatoms. The number of nitrogens with one attached hydrogen (secondary N) is 1. The maximum Gasteiger partial charge on any atom is 0.291 e. The van der Waals surface area contributed by atoms with Crippen LogP contribution in [0.2, 0.25) is 0 Å². The standard InChI is InChI=1S/C20H27N3O3/c1-6-14(2)23(15(3)24)13-16-12-17(9-10-18(16)22(4)5)21-20(25)19-8-7-11-26-19/h7-12,14H,6,13H2,1-5H3,(H,21,25). The summed E-state index contributed by atoms with van der Waals surface area (Å²) < 4.78 is 5.13. The van der Waals surface area contributed by atoms with E-state index in [9.17, 15) is 9.59 Å². The van der Waals surface area contributed by atoms with Crippen molar-refractivity contribution in [3.63, 3.8) is 0 Å². The predicted molar refractivity (Wildman–Crippen MR) is 103 cm³/mol. The Morgan fingerprint density at radius 2 is 1.96 bits per heavy atom. The summed E-state index contributed by atoms with van der Waals surface area (Å²) in [4.78, 5) is 28.1. The number of hydrogen-bond donors (Lipinski definition) is 1. The summed E-state index contributed by atoms with van der Waals surface area (Å²) in [5.41, 5.74) is 2.65. The third-order valence-electron chi connectivity index (χ3n) is 4.43. The van der Waals surface area contributed by atoms with Crippen LogP contribution in [-0.2, 0) is 11.3 Å². The lowest BCUT2D eigenvalue weighted by molar-refractivity contribution is -0.131. The smallest absolute Gasteiger partial charge is 0.291 e. The highest BCUT2D eigenvalue weighted by Gasteiger charge is 2.19. The van der Waals surface area contributed by atoms with Crippen LogP contribution in [0, 0.1) is 0 Å². The zero-order chi connectivity index (χ0) is 19.3. The summed E-state index contributed by atoms with van der Waals surface area (Å²) >= 11 is 0. The van der Waals surface area contributed by atoms with Gasteiger partial charge < -0.3 is 19.5 Å². The van der Waals surface area contributed by atoms with E-state index in [1.54, 1.807) is 19.1 Å². The molecular formula is C20H27N3O3. The highest BCUT2D eigenvalue weighted by atomic mass is 16.3. The van der Waals surface area contributed by atoms with Gasteiger partial charge in [0.1, 0.15) is 0 Å². The molecule has 0 radical (unpaired) electrons. The van der Waals surface area contributed by atoms with Gasteiger partial charge in [-0.3, -0.25) is 9.59 Å². The van der Waals surface area contributed by atoms with Gasteiger partial charge in [0, 0.05) is 45.0 Å². The van der Waals surface area contributed by atoms with Gasteiger partial charge in [-0.15, -0.1) is 0 Å². The minimum atomic E-state index is -0.302. The Kier molecular flexibility index (Phi) is 6.44. The van der Waals surface area contributed by atoms with Crippen molar-refractivity contribution in [1.82, 2.24) is 4.90 Å². The van der Waals surface area contributed by atoms with E-state index >= 15 is 0 Å². The normalized spacial score (nSPS) is 11.7. The molecule has 1 unspecified atom stereocenters. The molecule has 0 bridgehead atoms. The van der Waals surface area contributed by atoms with Crippen molar-refractivity contribution in [3.8, 4) is 0 Å². The molecule has 1 aromatic heterocycles. The van der Waals surface area contributed by atoms with Crippen LogP contribution in [0.25, 0.3) is 0 Å². The van der Waals surface area contributed by atoms with Crippen LogP contribution in [0.4, 0.5) is 11.4 Å². The number of nitrogens with zero attached hydrogens (tertiary/aromatic N) is 2. The second-order valence-electron chi connectivity index (χ2n) is 6.57. The number of rotatable bonds is 7. The Hall–Kier alpha value is -2.76. The fraction of sp³-hybridized carbons (Fsp3) is 0.400. The summed E-state index contributed by atoms with van der Waals surface area (Å²) in [6, 6.07) is 9.14. The molecule has 140 valence electrons. The molecule has 6 nitrogen and oxygen atoms in total. The van der Waals surface area contributed by atoms with E-state index in [1.165, 1.54) is 6.26 Å². The van der Waals surface area contributed by atoms with E-state index in [-0.39, 0.29) is 23.6 Å². The summed E-state index contributed by atoms with van der Waals surface area (Å²) in [5, 5.41) is 2.84. The van der Waals surface area contributed by atoms with Crippen molar-refractivity contribution in [2.45, 2.75) is 39.8 Å². The van der Waals surface area contributed by atoms with E-state index in [0.29, 0.717) is 12.2 Å². The van der Waals surface area contributed by atoms with Gasteiger partial charge in [-0.1, -0.05) is 6.92 Å². The second-order valence-corrected chi connectivity index (χ2v) is 6.57. The third kappa shape index (κ3) is 4.65. The number of carbonyl (C=O) groups excluding carboxylic acids is 2. The molecule has 2 rings (SSSR count). The Morgan fingerprint density at radius 3 is 2.50 bits per heavy atom. The highest BCUT2D eigenvalue weighted by Crippen LogP contribution is 2.26. The summed E-state index contributed by atoms with van der Waals surface area (Å²) in [6.45, 7) is 6.18. The molecule has 1 aromatic carbocycles. The van der Waals surface area contributed by atoms with E-state index in [4.69, 9.17) is 4.42 Å². The second kappa shape index (κ2) is 8.56. The molecule has 1 heterocycles. The van der Waals surface area contributed by atoms with Crippen molar-refractivity contribution in [2.24, 2.45) is 0 Å². The van der Waals surface area contributed by atoms with Crippen LogP contribution in [0.5, 0.6) is 0 Å². The number of hydrogen-bond acceptors (Lipinski definition) is 4. The van der Waals surface area contributed by atoms with Gasteiger partial charge in [-0.25, -0.2) is 0 Å². The molecule has 0 saturated heterocycles. The number of furan rings is 1. The molecule has 0 aliphatic carbocycles. The van der Waals surface area contributed by atoms with E-state index in [1.807, 2.05) is 49.0 Å². The number of anilines is 2. The molecule has 2 aromatic rings. The molecular weight excluding hydrogens is 330 g/mol. The number of carbonyl (C=O) groups is 2. The molecule has 2 amide bonds. The minimum absolute atomic E-state index is 0.0362. The molecule has 0 fully saturated rings. The van der Waals surface area contributed by atoms with Gasteiger partial charge >= 0.3 is 0 Å². The van der Waals surface area contributed by atoms with Crippen molar-refractivity contribution >= 4 is 23.2 Å². The zero-order valence-electron chi connectivity index (χ0n) is 16.1. The lowest BCUT2D eigenvalue weighted by atomic mass is 10.1. The van der Waals surface area contributed by atoms with Gasteiger partial charge in [-0.2, -0.15) is 0 Å². The van der Waals surface area contributed by atoms with Crippen molar-refractivity contribution in [3.05, 3.63) is 47.9 Å². The molecule has 0 aliphatic rings. The molecule has 26 heavy (non-hydrogen) atoms. The Balaban J connectivity index is 2.30. The maximum atomic E-state index is 12.2. The van der Waals surface area contributed by atoms with Gasteiger partial charge in [0.15, 0.2) is 5.76 Å². The number of amides is 2. The first-order chi connectivity index (χ1) is 12.3. The quantitative estimate of drug-likeness (QED) is 0.820. The first kappa shape index (κ1) is 19.6. The van der Waals surface area contributed by atoms with Crippen molar-refractivity contribution in [1.29, 1.82) is 0 Å². The van der Waals surface area contributed by atoms with Crippen molar-refractivity contribution < 1.29 is 14.0 Å². The minimum Gasteiger partial charge on any atom is -0.459 e. The number of benzene rings is 1. The summed E-state index contributed by atoms with van der Waals surface area (Å²) in [7, 11) is 3.92. The largest absolute Gasteiger partial charge is 0.459 e. The first-order valence-electron chi connectivity index (χ1n) is 8.75.